The van der Waals surface area contributed by atoms with Gasteiger partial charge in [-0.25, -0.2) is 0 Å². The maximum absolute atomic E-state index is 6.19. The number of alkyl halides is 1. The summed E-state index contributed by atoms with van der Waals surface area (Å²) in [4.78, 5) is 1.16. The first-order valence-corrected chi connectivity index (χ1v) is 8.61. The van der Waals surface area contributed by atoms with E-state index >= 15 is 0 Å². The Bertz CT molecular complexity index is 571. The number of rotatable bonds is 6. The van der Waals surface area contributed by atoms with Crippen molar-refractivity contribution < 1.29 is 9.47 Å². The first kappa shape index (κ1) is 15.7. The van der Waals surface area contributed by atoms with Crippen molar-refractivity contribution in [3.8, 4) is 11.5 Å². The van der Waals surface area contributed by atoms with Crippen LogP contribution in [0.2, 0.25) is 5.02 Å². The summed E-state index contributed by atoms with van der Waals surface area (Å²) in [6.45, 7) is 5.15. The lowest BCUT2D eigenvalue weighted by molar-refractivity contribution is 0.287. The van der Waals surface area contributed by atoms with Crippen molar-refractivity contribution >= 4 is 38.9 Å². The van der Waals surface area contributed by atoms with Crippen LogP contribution in [0.15, 0.2) is 29.6 Å². The average Bonchev–Trinajstić information content (AvgIpc) is 2.86. The summed E-state index contributed by atoms with van der Waals surface area (Å²) in [5, 5.41) is 2.77. The lowest BCUT2D eigenvalue weighted by atomic mass is 10.1. The van der Waals surface area contributed by atoms with E-state index in [1.54, 1.807) is 11.3 Å². The molecule has 0 bridgehead atoms. The van der Waals surface area contributed by atoms with Crippen LogP contribution in [0, 0.1) is 0 Å². The summed E-state index contributed by atoms with van der Waals surface area (Å²) in [5.41, 5.74) is 1.10. The van der Waals surface area contributed by atoms with E-state index in [2.05, 4.69) is 15.9 Å². The Morgan fingerprint density at radius 2 is 1.85 bits per heavy atom. The Kier molecular flexibility index (Phi) is 5.75. The van der Waals surface area contributed by atoms with E-state index in [1.165, 1.54) is 0 Å². The maximum atomic E-state index is 6.19. The van der Waals surface area contributed by atoms with Crippen molar-refractivity contribution in [1.29, 1.82) is 0 Å². The van der Waals surface area contributed by atoms with Crippen molar-refractivity contribution in [2.75, 3.05) is 13.2 Å². The lowest BCUT2D eigenvalue weighted by Gasteiger charge is -2.15. The molecule has 0 aliphatic rings. The van der Waals surface area contributed by atoms with E-state index in [4.69, 9.17) is 21.1 Å². The molecule has 1 aromatic heterocycles. The zero-order valence-electron chi connectivity index (χ0n) is 11.4. The minimum absolute atomic E-state index is 0.0601. The summed E-state index contributed by atoms with van der Waals surface area (Å²) in [6.07, 6.45) is 0. The molecule has 1 aromatic carbocycles. The molecular weight excluding hydrogens is 360 g/mol. The molecule has 20 heavy (non-hydrogen) atoms. The standard InChI is InChI=1S/C15H16BrClO2S/c1-3-18-12-6-5-10(9-13(12)19-4-2)14(16)15-11(17)7-8-20-15/h5-9,14H,3-4H2,1-2H3. The van der Waals surface area contributed by atoms with Gasteiger partial charge in [-0.2, -0.15) is 0 Å². The highest BCUT2D eigenvalue weighted by atomic mass is 79.9. The molecule has 1 atom stereocenters. The topological polar surface area (TPSA) is 18.5 Å². The Morgan fingerprint density at radius 3 is 2.45 bits per heavy atom. The number of thiophene rings is 1. The molecule has 0 aliphatic heterocycles. The van der Waals surface area contributed by atoms with Crippen LogP contribution in [-0.4, -0.2) is 13.2 Å². The van der Waals surface area contributed by atoms with E-state index in [1.807, 2.05) is 43.5 Å². The van der Waals surface area contributed by atoms with Crippen molar-refractivity contribution in [3.63, 3.8) is 0 Å². The molecule has 5 heteroatoms. The molecule has 2 aromatic rings. The second-order valence-electron chi connectivity index (χ2n) is 4.07. The number of halogens is 2. The van der Waals surface area contributed by atoms with Crippen LogP contribution < -0.4 is 9.47 Å². The second-order valence-corrected chi connectivity index (χ2v) is 6.34. The van der Waals surface area contributed by atoms with Crippen LogP contribution in [0.5, 0.6) is 11.5 Å². The van der Waals surface area contributed by atoms with Crippen molar-refractivity contribution in [3.05, 3.63) is 45.1 Å². The van der Waals surface area contributed by atoms with Gasteiger partial charge >= 0.3 is 0 Å². The second kappa shape index (κ2) is 7.34. The van der Waals surface area contributed by atoms with Crippen LogP contribution in [0.25, 0.3) is 0 Å². The largest absolute Gasteiger partial charge is 0.490 e. The first-order chi connectivity index (χ1) is 9.67. The highest BCUT2D eigenvalue weighted by molar-refractivity contribution is 9.09. The third-order valence-electron chi connectivity index (χ3n) is 2.74. The predicted octanol–water partition coefficient (Wildman–Crippen LogP) is 5.68. The van der Waals surface area contributed by atoms with Crippen molar-refractivity contribution in [2.45, 2.75) is 18.7 Å². The van der Waals surface area contributed by atoms with Crippen LogP contribution in [0.3, 0.4) is 0 Å². The highest BCUT2D eigenvalue weighted by Crippen LogP contribution is 2.41. The van der Waals surface area contributed by atoms with Gasteiger partial charge in [0.1, 0.15) is 0 Å². The Hall–Kier alpha value is -0.710. The van der Waals surface area contributed by atoms with E-state index in [9.17, 15) is 0 Å². The summed E-state index contributed by atoms with van der Waals surface area (Å²) in [6, 6.07) is 7.89. The molecule has 1 unspecified atom stereocenters. The van der Waals surface area contributed by atoms with Gasteiger partial charge in [0.25, 0.3) is 0 Å². The minimum atomic E-state index is 0.0601. The summed E-state index contributed by atoms with van der Waals surface area (Å²) < 4.78 is 11.2. The molecule has 0 saturated heterocycles. The lowest BCUT2D eigenvalue weighted by Crippen LogP contribution is -2.00. The van der Waals surface area contributed by atoms with Gasteiger partial charge in [-0.05, 0) is 43.0 Å². The Labute approximate surface area is 136 Å². The van der Waals surface area contributed by atoms with Crippen LogP contribution >= 0.6 is 38.9 Å². The summed E-state index contributed by atoms with van der Waals surface area (Å²) in [5.74, 6) is 1.54. The molecule has 0 N–H and O–H groups in total. The normalized spacial score (nSPS) is 12.2. The third kappa shape index (κ3) is 3.48. The number of benzene rings is 1. The Balaban J connectivity index is 2.32. The van der Waals surface area contributed by atoms with Gasteiger partial charge in [-0.15, -0.1) is 11.3 Å². The first-order valence-electron chi connectivity index (χ1n) is 6.43. The minimum Gasteiger partial charge on any atom is -0.490 e. The molecule has 0 saturated carbocycles. The molecule has 0 fully saturated rings. The van der Waals surface area contributed by atoms with Gasteiger partial charge in [-0.1, -0.05) is 33.6 Å². The molecule has 2 rings (SSSR count). The highest BCUT2D eigenvalue weighted by Gasteiger charge is 2.17. The molecule has 2 nitrogen and oxygen atoms in total. The monoisotopic (exact) mass is 374 g/mol. The third-order valence-corrected chi connectivity index (χ3v) is 5.45. The van der Waals surface area contributed by atoms with Gasteiger partial charge in [0.2, 0.25) is 0 Å². The van der Waals surface area contributed by atoms with Crippen molar-refractivity contribution in [2.24, 2.45) is 0 Å². The summed E-state index contributed by atoms with van der Waals surface area (Å²) >= 11 is 11.5. The number of hydrogen-bond acceptors (Lipinski definition) is 3. The molecular formula is C15H16BrClO2S. The fourth-order valence-electron chi connectivity index (χ4n) is 1.86. The fraction of sp³-hybridized carbons (Fsp3) is 0.333. The zero-order chi connectivity index (χ0) is 14.5. The van der Waals surface area contributed by atoms with Gasteiger partial charge in [-0.3, -0.25) is 0 Å². The molecule has 108 valence electrons. The zero-order valence-corrected chi connectivity index (χ0v) is 14.5. The van der Waals surface area contributed by atoms with Crippen LogP contribution in [-0.2, 0) is 0 Å². The van der Waals surface area contributed by atoms with Gasteiger partial charge < -0.3 is 9.47 Å². The molecule has 0 spiro atoms. The predicted molar refractivity (Wildman–Crippen MR) is 88.9 cm³/mol. The van der Waals surface area contributed by atoms with Crippen LogP contribution in [0.1, 0.15) is 29.1 Å². The smallest absolute Gasteiger partial charge is 0.161 e. The quantitative estimate of drug-likeness (QED) is 0.604. The SMILES string of the molecule is CCOc1ccc(C(Br)c2sccc2Cl)cc1OCC. The molecule has 0 radical (unpaired) electrons. The fourth-order valence-corrected chi connectivity index (χ4v) is 4.02. The van der Waals surface area contributed by atoms with E-state index in [-0.39, 0.29) is 4.83 Å². The molecule has 1 heterocycles. The Morgan fingerprint density at radius 1 is 1.15 bits per heavy atom. The molecule has 0 aliphatic carbocycles. The van der Waals surface area contributed by atoms with E-state index < -0.39 is 0 Å². The van der Waals surface area contributed by atoms with E-state index in [0.717, 1.165) is 27.0 Å². The maximum Gasteiger partial charge on any atom is 0.161 e. The molecule has 0 amide bonds. The van der Waals surface area contributed by atoms with Gasteiger partial charge in [0.05, 0.1) is 23.1 Å². The van der Waals surface area contributed by atoms with Crippen molar-refractivity contribution in [1.82, 2.24) is 0 Å². The number of hydrogen-bond donors (Lipinski definition) is 0. The van der Waals surface area contributed by atoms with Gasteiger partial charge in [0, 0.05) is 4.88 Å². The summed E-state index contributed by atoms with van der Waals surface area (Å²) in [7, 11) is 0. The van der Waals surface area contributed by atoms with E-state index in [0.29, 0.717) is 13.2 Å². The number of ether oxygens (including phenoxy) is 2. The van der Waals surface area contributed by atoms with Crippen LogP contribution in [0.4, 0.5) is 0 Å². The van der Waals surface area contributed by atoms with Gasteiger partial charge in [0.15, 0.2) is 11.5 Å². The average molecular weight is 376 g/mol.